The Labute approximate surface area is 186 Å². The second-order valence-corrected chi connectivity index (χ2v) is 12.0. The minimum atomic E-state index is -3.65. The van der Waals surface area contributed by atoms with Gasteiger partial charge >= 0.3 is 0 Å². The third-order valence-electron chi connectivity index (χ3n) is 6.07. The summed E-state index contributed by atoms with van der Waals surface area (Å²) in [5.41, 5.74) is 2.58. The first-order valence-corrected chi connectivity index (χ1v) is 13.5. The molecule has 0 atom stereocenters. The number of imidazole rings is 1. The van der Waals surface area contributed by atoms with E-state index in [2.05, 4.69) is 14.7 Å². The van der Waals surface area contributed by atoms with Crippen molar-refractivity contribution >= 4 is 42.1 Å². The average molecular weight is 474 g/mol. The summed E-state index contributed by atoms with van der Waals surface area (Å²) in [6.45, 7) is 0. The maximum absolute atomic E-state index is 13.1. The molecule has 1 N–H and O–H groups in total. The van der Waals surface area contributed by atoms with Crippen LogP contribution in [0, 0.1) is 5.92 Å². The van der Waals surface area contributed by atoms with Crippen molar-refractivity contribution in [1.29, 1.82) is 0 Å². The van der Waals surface area contributed by atoms with Gasteiger partial charge in [-0.3, -0.25) is 0 Å². The molecule has 0 aliphatic heterocycles. The van der Waals surface area contributed by atoms with Crippen LogP contribution in [0.25, 0.3) is 22.1 Å². The van der Waals surface area contributed by atoms with Gasteiger partial charge in [0.1, 0.15) is 5.52 Å². The van der Waals surface area contributed by atoms with Gasteiger partial charge in [-0.25, -0.2) is 35.5 Å². The number of rotatable bonds is 7. The third kappa shape index (κ3) is 3.70. The molecule has 168 valence electrons. The molecule has 9 nitrogen and oxygen atoms in total. The van der Waals surface area contributed by atoms with E-state index in [9.17, 15) is 16.8 Å². The molecule has 3 heterocycles. The Bertz CT molecular complexity index is 1500. The van der Waals surface area contributed by atoms with Gasteiger partial charge in [-0.15, -0.1) is 0 Å². The molecule has 0 unspecified atom stereocenters. The summed E-state index contributed by atoms with van der Waals surface area (Å²) in [7, 11) is -5.47. The SMILES string of the molecule is CNS(=O)(=O)C[C@H]1C[C@@H](n2cnc3cnc4c(ccn4S(=O)(=O)Cc4ccccc4)c32)C1. The highest BCUT2D eigenvalue weighted by atomic mass is 32.2. The van der Waals surface area contributed by atoms with Crippen LogP contribution in [0.15, 0.2) is 55.1 Å². The summed E-state index contributed by atoms with van der Waals surface area (Å²) in [6, 6.07) is 10.9. The third-order valence-corrected chi connectivity index (χ3v) is 9.20. The molecule has 1 saturated carbocycles. The van der Waals surface area contributed by atoms with Crippen molar-refractivity contribution in [3.05, 3.63) is 60.7 Å². The van der Waals surface area contributed by atoms with Gasteiger partial charge in [-0.05, 0) is 37.4 Å². The number of aromatic nitrogens is 4. The van der Waals surface area contributed by atoms with Crippen LogP contribution < -0.4 is 4.72 Å². The standard InChI is InChI=1S/C21H23N5O4S2/c1-22-31(27,28)12-16-9-17(10-16)25-14-24-19-11-23-21-18(20(19)25)7-8-26(21)32(29,30)13-15-5-3-2-4-6-15/h2-8,11,14,16-17,22H,9-10,12-13H2,1H3/t16-,17+. The molecule has 0 amide bonds. The molecule has 1 aliphatic carbocycles. The first-order valence-electron chi connectivity index (χ1n) is 10.3. The Kier molecular flexibility index (Phi) is 5.06. The predicted molar refractivity (Wildman–Crippen MR) is 122 cm³/mol. The Morgan fingerprint density at radius 2 is 1.81 bits per heavy atom. The summed E-state index contributed by atoms with van der Waals surface area (Å²) in [4.78, 5) is 8.83. The van der Waals surface area contributed by atoms with E-state index in [-0.39, 0.29) is 23.5 Å². The number of sulfonamides is 1. The summed E-state index contributed by atoms with van der Waals surface area (Å²) >= 11 is 0. The van der Waals surface area contributed by atoms with Gasteiger partial charge < -0.3 is 4.57 Å². The fourth-order valence-corrected chi connectivity index (χ4v) is 6.87. The summed E-state index contributed by atoms with van der Waals surface area (Å²) < 4.78 is 55.4. The van der Waals surface area contributed by atoms with E-state index in [1.54, 1.807) is 30.7 Å². The molecule has 4 aromatic rings. The van der Waals surface area contributed by atoms with Crippen molar-refractivity contribution in [2.75, 3.05) is 12.8 Å². The highest BCUT2D eigenvalue weighted by Crippen LogP contribution is 2.41. The van der Waals surface area contributed by atoms with E-state index in [0.717, 1.165) is 18.4 Å². The van der Waals surface area contributed by atoms with Gasteiger partial charge in [0.25, 0.3) is 0 Å². The monoisotopic (exact) mass is 473 g/mol. The van der Waals surface area contributed by atoms with Crippen molar-refractivity contribution in [2.24, 2.45) is 5.92 Å². The number of hydrogen-bond acceptors (Lipinski definition) is 6. The smallest absolute Gasteiger partial charge is 0.244 e. The van der Waals surface area contributed by atoms with Gasteiger partial charge in [0, 0.05) is 17.6 Å². The van der Waals surface area contributed by atoms with Crippen LogP contribution in [0.4, 0.5) is 0 Å². The lowest BCUT2D eigenvalue weighted by atomic mass is 9.81. The topological polar surface area (TPSA) is 116 Å². The molecule has 0 spiro atoms. The van der Waals surface area contributed by atoms with Crippen molar-refractivity contribution < 1.29 is 16.8 Å². The molecule has 32 heavy (non-hydrogen) atoms. The molecule has 1 aromatic carbocycles. The zero-order valence-corrected chi connectivity index (χ0v) is 19.1. The zero-order chi connectivity index (χ0) is 22.5. The first kappa shape index (κ1) is 21.1. The number of benzene rings is 1. The van der Waals surface area contributed by atoms with Crippen LogP contribution >= 0.6 is 0 Å². The zero-order valence-electron chi connectivity index (χ0n) is 17.4. The van der Waals surface area contributed by atoms with Gasteiger partial charge in [0.2, 0.25) is 20.0 Å². The van der Waals surface area contributed by atoms with E-state index < -0.39 is 20.0 Å². The molecular weight excluding hydrogens is 450 g/mol. The maximum Gasteiger partial charge on any atom is 0.244 e. The normalized spacial score (nSPS) is 19.4. The second-order valence-electron chi connectivity index (χ2n) is 8.21. The minimum absolute atomic E-state index is 0.0862. The first-order chi connectivity index (χ1) is 15.3. The molecule has 0 bridgehead atoms. The van der Waals surface area contributed by atoms with Crippen LogP contribution in [-0.2, 0) is 25.8 Å². The molecule has 0 saturated heterocycles. The second kappa shape index (κ2) is 7.68. The lowest BCUT2D eigenvalue weighted by Gasteiger charge is -2.36. The van der Waals surface area contributed by atoms with Crippen molar-refractivity contribution in [3.63, 3.8) is 0 Å². The Balaban J connectivity index is 1.48. The van der Waals surface area contributed by atoms with Gasteiger partial charge in [0.05, 0.1) is 29.5 Å². The van der Waals surface area contributed by atoms with Crippen LogP contribution in [-0.4, -0.2) is 48.1 Å². The fourth-order valence-electron chi connectivity index (χ4n) is 4.40. The summed E-state index contributed by atoms with van der Waals surface area (Å²) in [5, 5.41) is 0.711. The molecule has 1 aliphatic rings. The van der Waals surface area contributed by atoms with Gasteiger partial charge in [-0.1, -0.05) is 30.3 Å². The Morgan fingerprint density at radius 1 is 1.06 bits per heavy atom. The Morgan fingerprint density at radius 3 is 2.53 bits per heavy atom. The van der Waals surface area contributed by atoms with Gasteiger partial charge in [-0.2, -0.15) is 0 Å². The largest absolute Gasteiger partial charge is 0.327 e. The lowest BCUT2D eigenvalue weighted by Crippen LogP contribution is -2.35. The van der Waals surface area contributed by atoms with Crippen molar-refractivity contribution in [3.8, 4) is 0 Å². The van der Waals surface area contributed by atoms with Crippen LogP contribution in [0.1, 0.15) is 24.4 Å². The van der Waals surface area contributed by atoms with Crippen LogP contribution in [0.3, 0.4) is 0 Å². The van der Waals surface area contributed by atoms with E-state index >= 15 is 0 Å². The van der Waals surface area contributed by atoms with Crippen molar-refractivity contribution in [2.45, 2.75) is 24.6 Å². The number of nitrogens with zero attached hydrogens (tertiary/aromatic N) is 4. The highest BCUT2D eigenvalue weighted by Gasteiger charge is 2.34. The van der Waals surface area contributed by atoms with E-state index in [1.807, 2.05) is 22.8 Å². The minimum Gasteiger partial charge on any atom is -0.327 e. The van der Waals surface area contributed by atoms with Gasteiger partial charge in [0.15, 0.2) is 5.65 Å². The molecule has 5 rings (SSSR count). The van der Waals surface area contributed by atoms with E-state index in [0.29, 0.717) is 22.1 Å². The molecule has 3 aromatic heterocycles. The maximum atomic E-state index is 13.1. The molecule has 11 heteroatoms. The number of pyridine rings is 1. The van der Waals surface area contributed by atoms with Crippen molar-refractivity contribution in [1.82, 2.24) is 23.2 Å². The summed E-state index contributed by atoms with van der Waals surface area (Å²) in [6.07, 6.45) is 6.31. The molecular formula is C21H23N5O4S2. The fraction of sp³-hybridized carbons (Fsp3) is 0.333. The van der Waals surface area contributed by atoms with E-state index in [1.165, 1.54) is 17.2 Å². The Hall–Kier alpha value is -2.76. The van der Waals surface area contributed by atoms with E-state index in [4.69, 9.17) is 0 Å². The average Bonchev–Trinajstić information content (AvgIpc) is 3.35. The van der Waals surface area contributed by atoms with Crippen LogP contribution in [0.5, 0.6) is 0 Å². The predicted octanol–water partition coefficient (Wildman–Crippen LogP) is 2.26. The number of hydrogen-bond donors (Lipinski definition) is 1. The van der Waals surface area contributed by atoms with Crippen LogP contribution in [0.2, 0.25) is 0 Å². The lowest BCUT2D eigenvalue weighted by molar-refractivity contribution is 0.222. The highest BCUT2D eigenvalue weighted by molar-refractivity contribution is 7.89. The number of fused-ring (bicyclic) bond motifs is 3. The summed E-state index contributed by atoms with van der Waals surface area (Å²) in [5.74, 6) is 0.0708. The number of nitrogens with one attached hydrogen (secondary N) is 1. The molecule has 1 fully saturated rings. The molecule has 0 radical (unpaired) electrons. The quantitative estimate of drug-likeness (QED) is 0.440.